The van der Waals surface area contributed by atoms with E-state index in [1.807, 2.05) is 18.3 Å². The van der Waals surface area contributed by atoms with Gasteiger partial charge in [-0.1, -0.05) is 0 Å². The van der Waals surface area contributed by atoms with Crippen LogP contribution < -0.4 is 4.90 Å². The molecule has 0 radical (unpaired) electrons. The molecule has 0 spiro atoms. The highest BCUT2D eigenvalue weighted by Gasteiger charge is 2.23. The number of rotatable bonds is 5. The van der Waals surface area contributed by atoms with Crippen molar-refractivity contribution in [1.82, 2.24) is 40.0 Å². The molecule has 5 aromatic heterocycles. The van der Waals surface area contributed by atoms with Gasteiger partial charge >= 0.3 is 0 Å². The predicted octanol–water partition coefficient (Wildman–Crippen LogP) is 4.68. The second kappa shape index (κ2) is 9.19. The molecule has 2 N–H and O–H groups in total. The van der Waals surface area contributed by atoms with Gasteiger partial charge in [-0.25, -0.2) is 19.3 Å². The van der Waals surface area contributed by atoms with Crippen LogP contribution in [0, 0.1) is 5.82 Å². The van der Waals surface area contributed by atoms with Crippen molar-refractivity contribution in [3.05, 3.63) is 48.3 Å². The van der Waals surface area contributed by atoms with E-state index in [4.69, 9.17) is 4.98 Å². The van der Waals surface area contributed by atoms with Crippen molar-refractivity contribution in [2.24, 2.45) is 0 Å². The lowest BCUT2D eigenvalue weighted by molar-refractivity contribution is 0.331. The second-order valence-corrected chi connectivity index (χ2v) is 10.0. The van der Waals surface area contributed by atoms with Gasteiger partial charge in [-0.05, 0) is 62.9 Å². The highest BCUT2D eigenvalue weighted by Crippen LogP contribution is 2.34. The third-order valence-corrected chi connectivity index (χ3v) is 7.50. The average Bonchev–Trinajstić information content (AvgIpc) is 3.69. The third kappa shape index (κ3) is 4.01. The number of anilines is 1. The molecule has 0 saturated carbocycles. The Labute approximate surface area is 213 Å². The van der Waals surface area contributed by atoms with Gasteiger partial charge in [0.1, 0.15) is 17.0 Å². The Morgan fingerprint density at radius 1 is 0.946 bits per heavy atom. The quantitative estimate of drug-likeness (QED) is 0.363. The molecule has 5 aromatic rings. The molecule has 0 bridgehead atoms. The van der Waals surface area contributed by atoms with Crippen molar-refractivity contribution >= 4 is 27.9 Å². The number of imidazole rings is 1. The summed E-state index contributed by atoms with van der Waals surface area (Å²) in [5, 5.41) is 7.56. The molecule has 2 aliphatic heterocycles. The fraction of sp³-hybridized carbons (Fsp3) is 0.370. The molecule has 7 heterocycles. The van der Waals surface area contributed by atoms with Gasteiger partial charge < -0.3 is 9.88 Å². The zero-order chi connectivity index (χ0) is 24.8. The summed E-state index contributed by atoms with van der Waals surface area (Å²) in [6, 6.07) is 3.91. The molecular formula is C27H28FN9. The van der Waals surface area contributed by atoms with E-state index in [-0.39, 0.29) is 5.82 Å². The summed E-state index contributed by atoms with van der Waals surface area (Å²) in [6.45, 7) is 4.94. The van der Waals surface area contributed by atoms with Crippen LogP contribution in [0.25, 0.3) is 44.7 Å². The van der Waals surface area contributed by atoms with Gasteiger partial charge in [-0.2, -0.15) is 5.10 Å². The van der Waals surface area contributed by atoms with Crippen LogP contribution in [0.2, 0.25) is 0 Å². The van der Waals surface area contributed by atoms with Gasteiger partial charge in [0.05, 0.1) is 10.9 Å². The molecule has 0 amide bonds. The zero-order valence-corrected chi connectivity index (χ0v) is 20.5. The molecule has 0 aromatic carbocycles. The van der Waals surface area contributed by atoms with E-state index in [0.29, 0.717) is 33.7 Å². The molecule has 0 aliphatic carbocycles. The number of aromatic nitrogens is 7. The molecular weight excluding hydrogens is 469 g/mol. The number of nitrogens with zero attached hydrogens (tertiary/aromatic N) is 7. The molecule has 10 heteroatoms. The van der Waals surface area contributed by atoms with Crippen LogP contribution in [0.1, 0.15) is 37.7 Å². The number of piperidine rings is 1. The molecule has 2 saturated heterocycles. The average molecular weight is 498 g/mol. The highest BCUT2D eigenvalue weighted by molar-refractivity contribution is 5.95. The first-order chi connectivity index (χ1) is 18.2. The van der Waals surface area contributed by atoms with Gasteiger partial charge in [0.15, 0.2) is 17.3 Å². The van der Waals surface area contributed by atoms with Gasteiger partial charge in [-0.15, -0.1) is 0 Å². The number of likely N-dealkylation sites (tertiary alicyclic amines) is 1. The minimum Gasteiger partial charge on any atom is -0.355 e. The van der Waals surface area contributed by atoms with E-state index < -0.39 is 0 Å². The SMILES string of the molecule is Fc1c(-c2cncc(CN3CCCC3)c2)cnc2n[nH]c(-c3nc4c(N5CCCCC5)nccc4[nH]3)c12. The molecule has 0 atom stereocenters. The van der Waals surface area contributed by atoms with Crippen LogP contribution in [0.4, 0.5) is 10.2 Å². The smallest absolute Gasteiger partial charge is 0.184 e. The van der Waals surface area contributed by atoms with Gasteiger partial charge in [0.2, 0.25) is 0 Å². The molecule has 0 unspecified atom stereocenters. The van der Waals surface area contributed by atoms with Crippen molar-refractivity contribution in [1.29, 1.82) is 0 Å². The molecule has 188 valence electrons. The normalized spacial score (nSPS) is 16.8. The lowest BCUT2D eigenvalue weighted by Gasteiger charge is -2.27. The molecule has 2 aliphatic rings. The molecule has 9 nitrogen and oxygen atoms in total. The topological polar surface area (TPSA) is 103 Å². The Hall–Kier alpha value is -3.92. The zero-order valence-electron chi connectivity index (χ0n) is 20.5. The monoisotopic (exact) mass is 497 g/mol. The van der Waals surface area contributed by atoms with E-state index in [0.717, 1.165) is 68.0 Å². The summed E-state index contributed by atoms with van der Waals surface area (Å²) < 4.78 is 16.1. The number of aromatic amines is 2. The maximum atomic E-state index is 16.1. The second-order valence-electron chi connectivity index (χ2n) is 10.0. The first-order valence-electron chi connectivity index (χ1n) is 13.0. The van der Waals surface area contributed by atoms with Crippen LogP contribution in [0.3, 0.4) is 0 Å². The largest absolute Gasteiger partial charge is 0.355 e. The number of H-pyrrole nitrogens is 2. The van der Waals surface area contributed by atoms with Crippen molar-refractivity contribution < 1.29 is 4.39 Å². The van der Waals surface area contributed by atoms with Crippen LogP contribution in [0.15, 0.2) is 36.9 Å². The van der Waals surface area contributed by atoms with Crippen molar-refractivity contribution in [2.45, 2.75) is 38.6 Å². The van der Waals surface area contributed by atoms with E-state index in [1.165, 1.54) is 25.5 Å². The minimum absolute atomic E-state index is 0.312. The fourth-order valence-electron chi connectivity index (χ4n) is 5.62. The number of pyridine rings is 3. The van der Waals surface area contributed by atoms with Gasteiger partial charge in [0.25, 0.3) is 0 Å². The summed E-state index contributed by atoms with van der Waals surface area (Å²) in [5.41, 5.74) is 4.61. The number of fused-ring (bicyclic) bond motifs is 2. The van der Waals surface area contributed by atoms with E-state index >= 15 is 4.39 Å². The Bertz CT molecular complexity index is 1580. The van der Waals surface area contributed by atoms with E-state index in [9.17, 15) is 0 Å². The summed E-state index contributed by atoms with van der Waals surface area (Å²) >= 11 is 0. The van der Waals surface area contributed by atoms with Gasteiger partial charge in [-0.3, -0.25) is 15.0 Å². The summed E-state index contributed by atoms with van der Waals surface area (Å²) in [5.74, 6) is 0.995. The summed E-state index contributed by atoms with van der Waals surface area (Å²) in [7, 11) is 0. The lowest BCUT2D eigenvalue weighted by atomic mass is 10.0. The Kier molecular flexibility index (Phi) is 5.53. The fourth-order valence-corrected chi connectivity index (χ4v) is 5.62. The first-order valence-corrected chi connectivity index (χ1v) is 13.0. The third-order valence-electron chi connectivity index (χ3n) is 7.50. The molecule has 37 heavy (non-hydrogen) atoms. The van der Waals surface area contributed by atoms with E-state index in [1.54, 1.807) is 12.4 Å². The van der Waals surface area contributed by atoms with Gasteiger partial charge in [0, 0.05) is 55.5 Å². The number of halogens is 1. The Morgan fingerprint density at radius 3 is 2.65 bits per heavy atom. The summed E-state index contributed by atoms with van der Waals surface area (Å²) in [6.07, 6.45) is 12.9. The maximum absolute atomic E-state index is 16.1. The maximum Gasteiger partial charge on any atom is 0.184 e. The van der Waals surface area contributed by atoms with Crippen LogP contribution >= 0.6 is 0 Å². The van der Waals surface area contributed by atoms with E-state index in [2.05, 4.69) is 39.9 Å². The van der Waals surface area contributed by atoms with Crippen molar-refractivity contribution in [3.63, 3.8) is 0 Å². The van der Waals surface area contributed by atoms with Crippen LogP contribution in [-0.2, 0) is 6.54 Å². The Balaban J connectivity index is 1.28. The lowest BCUT2D eigenvalue weighted by Crippen LogP contribution is -2.30. The van der Waals surface area contributed by atoms with Crippen LogP contribution in [-0.4, -0.2) is 66.2 Å². The number of nitrogens with one attached hydrogen (secondary N) is 2. The van der Waals surface area contributed by atoms with Crippen LogP contribution in [0.5, 0.6) is 0 Å². The minimum atomic E-state index is -0.385. The summed E-state index contributed by atoms with van der Waals surface area (Å²) in [4.78, 5) is 26.4. The van der Waals surface area contributed by atoms with Crippen molar-refractivity contribution in [2.75, 3.05) is 31.1 Å². The standard InChI is InChI=1S/C27H28FN9/c28-22-19(18-12-17(13-29-14-18)16-36-8-4-5-9-36)15-31-25-21(22)24(34-35-25)26-32-20-6-7-30-27(23(20)33-26)37-10-2-1-3-11-37/h6-7,12-15H,1-5,8-11,16H2,(H,32,33)(H,31,34,35). The molecule has 2 fully saturated rings. The predicted molar refractivity (Wildman–Crippen MR) is 141 cm³/mol. The highest BCUT2D eigenvalue weighted by atomic mass is 19.1. The number of hydrogen-bond acceptors (Lipinski definition) is 7. The number of hydrogen-bond donors (Lipinski definition) is 2. The molecule has 7 rings (SSSR count). The first kappa shape index (κ1) is 22.3. The van der Waals surface area contributed by atoms with Crippen molar-refractivity contribution in [3.8, 4) is 22.6 Å². The Morgan fingerprint density at radius 2 is 1.78 bits per heavy atom.